The van der Waals surface area contributed by atoms with Crippen LogP contribution in [0, 0.1) is 0 Å². The predicted octanol–water partition coefficient (Wildman–Crippen LogP) is -1.31. The minimum absolute atomic E-state index is 0.0931. The Morgan fingerprint density at radius 3 is 2.95 bits per heavy atom. The second-order valence-electron chi connectivity index (χ2n) is 5.48. The van der Waals surface area contributed by atoms with Crippen molar-refractivity contribution in [2.45, 2.75) is 50.5 Å². The summed E-state index contributed by atoms with van der Waals surface area (Å²) < 4.78 is 15.7. The Morgan fingerprint density at radius 2 is 2.29 bits per heavy atom. The number of carbonyl (C=O) groups is 3. The van der Waals surface area contributed by atoms with Gasteiger partial charge in [-0.2, -0.15) is 0 Å². The van der Waals surface area contributed by atoms with Gasteiger partial charge in [0.05, 0.1) is 6.10 Å². The second kappa shape index (κ2) is 4.65. The van der Waals surface area contributed by atoms with E-state index in [9.17, 15) is 19.5 Å². The summed E-state index contributed by atoms with van der Waals surface area (Å²) in [6, 6.07) is -0.620. The highest BCUT2D eigenvalue weighted by molar-refractivity contribution is 6.03. The zero-order chi connectivity index (χ0) is 15.4. The number of fused-ring (bicyclic) bond motifs is 1. The van der Waals surface area contributed by atoms with E-state index in [2.05, 4.69) is 5.32 Å². The molecule has 3 saturated heterocycles. The molecule has 116 valence electrons. The zero-order valence-electron chi connectivity index (χ0n) is 11.6. The first-order valence-corrected chi connectivity index (χ1v) is 6.61. The third-order valence-electron chi connectivity index (χ3n) is 3.89. The molecule has 21 heavy (non-hydrogen) atoms. The number of nitrogens with one attached hydrogen (secondary N) is 1. The van der Waals surface area contributed by atoms with E-state index in [1.807, 2.05) is 0 Å². The summed E-state index contributed by atoms with van der Waals surface area (Å²) in [6.07, 6.45) is -2.85. The topological polar surface area (TPSA) is 118 Å². The van der Waals surface area contributed by atoms with E-state index in [-0.39, 0.29) is 13.0 Å². The Hall–Kier alpha value is -1.71. The summed E-state index contributed by atoms with van der Waals surface area (Å²) in [6.45, 7) is 2.74. The van der Waals surface area contributed by atoms with Crippen LogP contribution >= 0.6 is 0 Å². The molecule has 0 saturated carbocycles. The number of imide groups is 1. The Kier molecular flexibility index (Phi) is 3.15. The minimum atomic E-state index is -1.06. The Morgan fingerprint density at radius 1 is 1.57 bits per heavy atom. The fraction of sp³-hybridized carbons (Fsp3) is 0.750. The molecule has 2 N–H and O–H groups in total. The monoisotopic (exact) mass is 300 g/mol. The number of aliphatic hydroxyl groups is 1. The van der Waals surface area contributed by atoms with Gasteiger partial charge >= 0.3 is 12.0 Å². The number of amides is 3. The molecule has 0 aromatic heterocycles. The third kappa shape index (κ3) is 2.27. The van der Waals surface area contributed by atoms with Crippen LogP contribution in [0.3, 0.4) is 0 Å². The minimum Gasteiger partial charge on any atom is -0.463 e. The molecule has 5 atom stereocenters. The maximum Gasteiger partial charge on any atom is 0.328 e. The molecule has 3 aliphatic heterocycles. The van der Waals surface area contributed by atoms with Gasteiger partial charge in [-0.25, -0.2) is 4.79 Å². The first-order chi connectivity index (χ1) is 9.83. The number of epoxide rings is 1. The molecule has 0 aromatic carbocycles. The highest BCUT2D eigenvalue weighted by Gasteiger charge is 2.68. The lowest BCUT2D eigenvalue weighted by atomic mass is 10.1. The SMILES string of the molecule is CC(=O)OC[C@H]1O[C@@H](N2C(=O)NC(=O)[C@@]3(C)OC23)C[C@@H]1O. The predicted molar refractivity (Wildman–Crippen MR) is 64.6 cm³/mol. The van der Waals surface area contributed by atoms with E-state index in [0.29, 0.717) is 0 Å². The molecule has 0 aliphatic carbocycles. The van der Waals surface area contributed by atoms with Crippen LogP contribution < -0.4 is 5.32 Å². The molecule has 0 radical (unpaired) electrons. The summed E-state index contributed by atoms with van der Waals surface area (Å²) in [5, 5.41) is 12.1. The van der Waals surface area contributed by atoms with Crippen molar-refractivity contribution in [2.24, 2.45) is 0 Å². The number of hydrogen-bond donors (Lipinski definition) is 2. The molecule has 0 aromatic rings. The van der Waals surface area contributed by atoms with Crippen LogP contribution in [0.25, 0.3) is 0 Å². The van der Waals surface area contributed by atoms with Crippen LogP contribution in [0.4, 0.5) is 4.79 Å². The van der Waals surface area contributed by atoms with Crippen molar-refractivity contribution in [3.8, 4) is 0 Å². The molecule has 3 amide bonds. The van der Waals surface area contributed by atoms with E-state index in [0.717, 1.165) is 0 Å². The summed E-state index contributed by atoms with van der Waals surface area (Å²) in [7, 11) is 0. The van der Waals surface area contributed by atoms with Crippen molar-refractivity contribution < 1.29 is 33.7 Å². The molecule has 9 nitrogen and oxygen atoms in total. The van der Waals surface area contributed by atoms with E-state index in [1.165, 1.54) is 11.8 Å². The van der Waals surface area contributed by atoms with Gasteiger partial charge in [0.2, 0.25) is 0 Å². The number of aliphatic hydroxyl groups excluding tert-OH is 1. The largest absolute Gasteiger partial charge is 0.463 e. The van der Waals surface area contributed by atoms with Crippen LogP contribution in [0.5, 0.6) is 0 Å². The Bertz CT molecular complexity index is 510. The summed E-state index contributed by atoms with van der Waals surface area (Å²) in [4.78, 5) is 35.6. The Balaban J connectivity index is 1.67. The van der Waals surface area contributed by atoms with Crippen LogP contribution in [-0.4, -0.2) is 64.8 Å². The highest BCUT2D eigenvalue weighted by atomic mass is 16.7. The van der Waals surface area contributed by atoms with Gasteiger partial charge in [0.1, 0.15) is 18.9 Å². The van der Waals surface area contributed by atoms with Gasteiger partial charge in [-0.3, -0.25) is 19.8 Å². The lowest BCUT2D eigenvalue weighted by molar-refractivity contribution is -0.149. The highest BCUT2D eigenvalue weighted by Crippen LogP contribution is 2.44. The number of esters is 1. The quantitative estimate of drug-likeness (QED) is 0.491. The smallest absolute Gasteiger partial charge is 0.328 e. The van der Waals surface area contributed by atoms with Crippen LogP contribution in [0.1, 0.15) is 20.3 Å². The Labute approximate surface area is 120 Å². The summed E-state index contributed by atoms with van der Waals surface area (Å²) >= 11 is 0. The molecule has 0 spiro atoms. The number of urea groups is 1. The van der Waals surface area contributed by atoms with Gasteiger partial charge in [-0.15, -0.1) is 0 Å². The van der Waals surface area contributed by atoms with Gasteiger partial charge in [-0.05, 0) is 6.92 Å². The number of hydrogen-bond acceptors (Lipinski definition) is 7. The van der Waals surface area contributed by atoms with Gasteiger partial charge < -0.3 is 19.3 Å². The van der Waals surface area contributed by atoms with Gasteiger partial charge in [0, 0.05) is 13.3 Å². The number of rotatable bonds is 3. The molecule has 3 heterocycles. The van der Waals surface area contributed by atoms with Crippen molar-refractivity contribution in [1.29, 1.82) is 0 Å². The van der Waals surface area contributed by atoms with E-state index >= 15 is 0 Å². The molecule has 1 unspecified atom stereocenters. The number of ether oxygens (including phenoxy) is 3. The van der Waals surface area contributed by atoms with Crippen molar-refractivity contribution in [3.63, 3.8) is 0 Å². The normalized spacial score (nSPS) is 41.6. The third-order valence-corrected chi connectivity index (χ3v) is 3.89. The standard InChI is InChI=1S/C12H16N2O7/c1-5(15)19-4-7-6(16)3-8(20-7)14-10-12(2,21-10)9(17)13-11(14)18/h6-8,10,16H,3-4H2,1-2H3,(H,13,17,18)/t6-,7+,8+,10?,12+/m0/s1. The van der Waals surface area contributed by atoms with Crippen molar-refractivity contribution in [2.75, 3.05) is 6.61 Å². The van der Waals surface area contributed by atoms with Gasteiger partial charge in [-0.1, -0.05) is 0 Å². The average Bonchev–Trinajstić information content (AvgIpc) is 2.93. The summed E-state index contributed by atoms with van der Waals surface area (Å²) in [5.74, 6) is -0.961. The van der Waals surface area contributed by atoms with Gasteiger partial charge in [0.25, 0.3) is 5.91 Å². The number of nitrogens with zero attached hydrogens (tertiary/aromatic N) is 1. The van der Waals surface area contributed by atoms with E-state index < -0.39 is 48.2 Å². The second-order valence-corrected chi connectivity index (χ2v) is 5.48. The fourth-order valence-corrected chi connectivity index (χ4v) is 2.60. The van der Waals surface area contributed by atoms with Crippen LogP contribution in [-0.2, 0) is 23.8 Å². The lowest BCUT2D eigenvalue weighted by Crippen LogP contribution is -2.59. The summed E-state index contributed by atoms with van der Waals surface area (Å²) in [5.41, 5.74) is -1.06. The first-order valence-electron chi connectivity index (χ1n) is 6.61. The molecule has 0 bridgehead atoms. The average molecular weight is 300 g/mol. The van der Waals surface area contributed by atoms with Crippen LogP contribution in [0.15, 0.2) is 0 Å². The van der Waals surface area contributed by atoms with Crippen LogP contribution in [0.2, 0.25) is 0 Å². The van der Waals surface area contributed by atoms with Crippen molar-refractivity contribution >= 4 is 17.9 Å². The number of carbonyl (C=O) groups excluding carboxylic acids is 3. The maximum absolute atomic E-state index is 11.9. The lowest BCUT2D eigenvalue weighted by Gasteiger charge is -2.30. The van der Waals surface area contributed by atoms with E-state index in [4.69, 9.17) is 14.2 Å². The van der Waals surface area contributed by atoms with E-state index in [1.54, 1.807) is 6.92 Å². The molecular weight excluding hydrogens is 284 g/mol. The first kappa shape index (κ1) is 14.2. The molecule has 9 heteroatoms. The fourth-order valence-electron chi connectivity index (χ4n) is 2.60. The molecule has 3 fully saturated rings. The van der Waals surface area contributed by atoms with Gasteiger partial charge in [0.15, 0.2) is 11.8 Å². The molecular formula is C12H16N2O7. The maximum atomic E-state index is 11.9. The molecule has 3 rings (SSSR count). The molecule has 3 aliphatic rings. The van der Waals surface area contributed by atoms with Crippen molar-refractivity contribution in [1.82, 2.24) is 10.2 Å². The van der Waals surface area contributed by atoms with Crippen molar-refractivity contribution in [3.05, 3.63) is 0 Å². The zero-order valence-corrected chi connectivity index (χ0v) is 11.6.